The number of hydroxylamine groups is 1. The first-order valence-corrected chi connectivity index (χ1v) is 4.63. The summed E-state index contributed by atoms with van der Waals surface area (Å²) in [6.45, 7) is 0.431. The van der Waals surface area contributed by atoms with E-state index in [1.165, 1.54) is 0 Å². The Hall–Kier alpha value is -1.59. The van der Waals surface area contributed by atoms with E-state index in [4.69, 9.17) is 9.94 Å². The van der Waals surface area contributed by atoms with Gasteiger partial charge in [-0.25, -0.2) is 10.3 Å². The molecule has 0 spiro atoms. The maximum atomic E-state index is 10.9. The number of nitrogens with one attached hydrogen (secondary N) is 2. The molecule has 3 N–H and O–H groups in total. The molecular weight excluding hydrogens is 196 g/mol. The van der Waals surface area contributed by atoms with Crippen LogP contribution < -0.4 is 10.8 Å². The van der Waals surface area contributed by atoms with Crippen molar-refractivity contribution >= 4 is 6.03 Å². The first-order chi connectivity index (χ1) is 7.33. The van der Waals surface area contributed by atoms with E-state index in [0.29, 0.717) is 6.61 Å². The van der Waals surface area contributed by atoms with E-state index in [-0.39, 0.29) is 13.2 Å². The van der Waals surface area contributed by atoms with E-state index in [2.05, 4.69) is 10.8 Å². The molecule has 1 rings (SSSR count). The minimum Gasteiger partial charge on any atom is -0.395 e. The lowest BCUT2D eigenvalue weighted by atomic mass is 10.2. The molecule has 0 unspecified atom stereocenters. The topological polar surface area (TPSA) is 70.6 Å². The minimum absolute atomic E-state index is 0.0912. The third-order valence-corrected chi connectivity index (χ3v) is 1.64. The molecule has 0 aliphatic carbocycles. The van der Waals surface area contributed by atoms with E-state index < -0.39 is 6.03 Å². The summed E-state index contributed by atoms with van der Waals surface area (Å²) in [5.41, 5.74) is 3.18. The molecule has 2 amide bonds. The lowest BCUT2D eigenvalue weighted by molar-refractivity contribution is 0.0487. The Balaban J connectivity index is 2.14. The highest BCUT2D eigenvalue weighted by Gasteiger charge is 1.98. The third kappa shape index (κ3) is 4.99. The first-order valence-electron chi connectivity index (χ1n) is 4.63. The number of carbonyl (C=O) groups is 1. The third-order valence-electron chi connectivity index (χ3n) is 1.64. The maximum absolute atomic E-state index is 10.9. The van der Waals surface area contributed by atoms with Crippen LogP contribution in [0.1, 0.15) is 5.56 Å². The number of amides is 2. The molecule has 0 fully saturated rings. The largest absolute Gasteiger partial charge is 0.395 e. The summed E-state index contributed by atoms with van der Waals surface area (Å²) >= 11 is 0. The molecular formula is C10H14N2O3. The zero-order chi connectivity index (χ0) is 10.9. The quantitative estimate of drug-likeness (QED) is 0.616. The second-order valence-corrected chi connectivity index (χ2v) is 2.86. The summed E-state index contributed by atoms with van der Waals surface area (Å²) in [5.74, 6) is 0. The highest BCUT2D eigenvalue weighted by atomic mass is 16.7. The molecule has 0 atom stereocenters. The van der Waals surface area contributed by atoms with E-state index in [1.807, 2.05) is 30.3 Å². The predicted molar refractivity (Wildman–Crippen MR) is 54.9 cm³/mol. The monoisotopic (exact) mass is 210 g/mol. The molecule has 0 aliphatic heterocycles. The molecule has 1 aromatic carbocycles. The molecule has 5 heteroatoms. The molecule has 0 aromatic heterocycles. The fourth-order valence-electron chi connectivity index (χ4n) is 0.965. The summed E-state index contributed by atoms with van der Waals surface area (Å²) in [5, 5.41) is 10.8. The van der Waals surface area contributed by atoms with Crippen LogP contribution in [0.4, 0.5) is 4.79 Å². The van der Waals surface area contributed by atoms with Crippen LogP contribution in [0.5, 0.6) is 0 Å². The van der Waals surface area contributed by atoms with Gasteiger partial charge in [-0.3, -0.25) is 4.84 Å². The van der Waals surface area contributed by atoms with E-state index >= 15 is 0 Å². The Bertz CT molecular complexity index is 290. The number of urea groups is 1. The normalized spacial score (nSPS) is 9.67. The van der Waals surface area contributed by atoms with Crippen LogP contribution in [0.3, 0.4) is 0 Å². The van der Waals surface area contributed by atoms with E-state index in [9.17, 15) is 4.79 Å². The van der Waals surface area contributed by atoms with Crippen molar-refractivity contribution in [2.24, 2.45) is 0 Å². The molecule has 1 aromatic rings. The average Bonchev–Trinajstić information content (AvgIpc) is 2.28. The van der Waals surface area contributed by atoms with Gasteiger partial charge in [-0.15, -0.1) is 0 Å². The molecule has 0 radical (unpaired) electrons. The molecule has 82 valence electrons. The summed E-state index contributed by atoms with van der Waals surface area (Å²) in [7, 11) is 0. The van der Waals surface area contributed by atoms with Gasteiger partial charge in [0.15, 0.2) is 0 Å². The van der Waals surface area contributed by atoms with Gasteiger partial charge >= 0.3 is 6.03 Å². The fraction of sp³-hybridized carbons (Fsp3) is 0.300. The van der Waals surface area contributed by atoms with Gasteiger partial charge in [0.1, 0.15) is 0 Å². The highest BCUT2D eigenvalue weighted by molar-refractivity contribution is 5.72. The van der Waals surface area contributed by atoms with Gasteiger partial charge in [0, 0.05) is 6.54 Å². The molecule has 0 heterocycles. The van der Waals surface area contributed by atoms with Gasteiger partial charge < -0.3 is 10.4 Å². The van der Waals surface area contributed by atoms with Crippen molar-refractivity contribution in [2.75, 3.05) is 13.2 Å². The first kappa shape index (κ1) is 11.5. The zero-order valence-corrected chi connectivity index (χ0v) is 8.27. The van der Waals surface area contributed by atoms with Crippen molar-refractivity contribution in [2.45, 2.75) is 6.61 Å². The summed E-state index contributed by atoms with van der Waals surface area (Å²) in [4.78, 5) is 15.9. The molecule has 0 bridgehead atoms. The summed E-state index contributed by atoms with van der Waals surface area (Å²) < 4.78 is 0. The number of aliphatic hydroxyl groups excluding tert-OH is 1. The number of aliphatic hydroxyl groups is 1. The number of carbonyl (C=O) groups excluding carboxylic acids is 1. The van der Waals surface area contributed by atoms with Crippen molar-refractivity contribution < 1.29 is 14.7 Å². The van der Waals surface area contributed by atoms with Gasteiger partial charge in [0.05, 0.1) is 13.2 Å². The van der Waals surface area contributed by atoms with Crippen LogP contribution in [0.25, 0.3) is 0 Å². The van der Waals surface area contributed by atoms with Crippen molar-refractivity contribution in [3.8, 4) is 0 Å². The van der Waals surface area contributed by atoms with Gasteiger partial charge in [0.25, 0.3) is 0 Å². The number of hydrogen-bond acceptors (Lipinski definition) is 3. The smallest absolute Gasteiger partial charge is 0.338 e. The van der Waals surface area contributed by atoms with Crippen molar-refractivity contribution in [1.82, 2.24) is 10.8 Å². The molecule has 15 heavy (non-hydrogen) atoms. The van der Waals surface area contributed by atoms with Gasteiger partial charge in [0.2, 0.25) is 0 Å². The SMILES string of the molecule is O=C(NCCO)NOCc1ccccc1. The highest BCUT2D eigenvalue weighted by Crippen LogP contribution is 1.98. The van der Waals surface area contributed by atoms with Crippen LogP contribution >= 0.6 is 0 Å². The summed E-state index contributed by atoms with van der Waals surface area (Å²) in [6, 6.07) is 9.03. The number of hydrogen-bond donors (Lipinski definition) is 3. The van der Waals surface area contributed by atoms with Crippen LogP contribution in [0.15, 0.2) is 30.3 Å². The van der Waals surface area contributed by atoms with Crippen LogP contribution in [0, 0.1) is 0 Å². The van der Waals surface area contributed by atoms with Gasteiger partial charge in [-0.1, -0.05) is 30.3 Å². The predicted octanol–water partition coefficient (Wildman–Crippen LogP) is 0.410. The van der Waals surface area contributed by atoms with Crippen LogP contribution in [-0.2, 0) is 11.4 Å². The van der Waals surface area contributed by atoms with Crippen LogP contribution in [0.2, 0.25) is 0 Å². The Morgan fingerprint density at radius 1 is 1.33 bits per heavy atom. The lowest BCUT2D eigenvalue weighted by Crippen LogP contribution is -2.36. The standard InChI is InChI=1S/C10H14N2O3/c13-7-6-11-10(14)12-15-8-9-4-2-1-3-5-9/h1-5,13H,6-8H2,(H2,11,12,14). The zero-order valence-electron chi connectivity index (χ0n) is 8.27. The molecule has 0 saturated heterocycles. The molecule has 0 aliphatic rings. The van der Waals surface area contributed by atoms with Gasteiger partial charge in [-0.05, 0) is 5.56 Å². The van der Waals surface area contributed by atoms with Crippen molar-refractivity contribution in [1.29, 1.82) is 0 Å². The Labute approximate surface area is 88.0 Å². The minimum atomic E-state index is -0.458. The van der Waals surface area contributed by atoms with Crippen molar-refractivity contribution in [3.63, 3.8) is 0 Å². The number of benzene rings is 1. The summed E-state index contributed by atoms with van der Waals surface area (Å²) in [6.07, 6.45) is 0. The second-order valence-electron chi connectivity index (χ2n) is 2.86. The Kier molecular flexibility index (Phi) is 5.21. The van der Waals surface area contributed by atoms with Crippen molar-refractivity contribution in [3.05, 3.63) is 35.9 Å². The Morgan fingerprint density at radius 2 is 2.07 bits per heavy atom. The fourth-order valence-corrected chi connectivity index (χ4v) is 0.965. The second kappa shape index (κ2) is 6.80. The van der Waals surface area contributed by atoms with Gasteiger partial charge in [-0.2, -0.15) is 0 Å². The average molecular weight is 210 g/mol. The van der Waals surface area contributed by atoms with E-state index in [0.717, 1.165) is 5.56 Å². The maximum Gasteiger partial charge on any atom is 0.338 e. The molecule has 0 saturated carbocycles. The molecule has 5 nitrogen and oxygen atoms in total. The lowest BCUT2D eigenvalue weighted by Gasteiger charge is -2.06. The van der Waals surface area contributed by atoms with Crippen LogP contribution in [-0.4, -0.2) is 24.3 Å². The number of rotatable bonds is 5. The van der Waals surface area contributed by atoms with E-state index in [1.54, 1.807) is 0 Å². The Morgan fingerprint density at radius 3 is 2.73 bits per heavy atom.